The van der Waals surface area contributed by atoms with Gasteiger partial charge in [0, 0.05) is 33.0 Å². The zero-order valence-electron chi connectivity index (χ0n) is 18.7. The number of alkyl halides is 2. The van der Waals surface area contributed by atoms with E-state index in [-0.39, 0.29) is 9.37 Å². The van der Waals surface area contributed by atoms with Crippen molar-refractivity contribution in [1.82, 2.24) is 0 Å². The summed E-state index contributed by atoms with van der Waals surface area (Å²) in [6.07, 6.45) is 0. The molecule has 0 radical (unpaired) electrons. The largest absolute Gasteiger partial charge is 0.399 e. The second-order valence-corrected chi connectivity index (χ2v) is 13.9. The molecule has 0 unspecified atom stereocenters. The molecule has 0 heterocycles. The van der Waals surface area contributed by atoms with Gasteiger partial charge in [-0.1, -0.05) is 64.5 Å². The molecule has 3 rings (SSSR count). The normalized spacial score (nSPS) is 12.6. The van der Waals surface area contributed by atoms with Crippen LogP contribution in [0.15, 0.2) is 76.1 Å². The maximum absolute atomic E-state index is 14.0. The summed E-state index contributed by atoms with van der Waals surface area (Å²) < 4.78 is 61.6. The van der Waals surface area contributed by atoms with Crippen molar-refractivity contribution in [1.29, 1.82) is 0 Å². The van der Waals surface area contributed by atoms with Gasteiger partial charge in [-0.3, -0.25) is 4.57 Å². The maximum Gasteiger partial charge on any atom is 0.399 e. The van der Waals surface area contributed by atoms with E-state index >= 15 is 0 Å². The lowest BCUT2D eigenvalue weighted by molar-refractivity contribution is 0.0557. The molecular formula is C23H23BrF2NO5PS3. The summed E-state index contributed by atoms with van der Waals surface area (Å²) in [6, 6.07) is 18.6. The maximum atomic E-state index is 14.0. The minimum atomic E-state index is -5.62. The van der Waals surface area contributed by atoms with E-state index in [0.29, 0.717) is 11.5 Å². The molecule has 36 heavy (non-hydrogen) atoms. The van der Waals surface area contributed by atoms with Crippen molar-refractivity contribution in [2.24, 2.45) is 5.14 Å². The van der Waals surface area contributed by atoms with Crippen LogP contribution in [0.3, 0.4) is 0 Å². The van der Waals surface area contributed by atoms with Crippen LogP contribution in [0, 0.1) is 0 Å². The van der Waals surface area contributed by atoms with Gasteiger partial charge >= 0.3 is 13.3 Å². The lowest BCUT2D eigenvalue weighted by atomic mass is 10.1. The van der Waals surface area contributed by atoms with Crippen molar-refractivity contribution in [2.75, 3.05) is 0 Å². The van der Waals surface area contributed by atoms with Crippen LogP contribution in [0.5, 0.6) is 0 Å². The number of rotatable bonds is 11. The molecule has 4 N–H and O–H groups in total. The summed E-state index contributed by atoms with van der Waals surface area (Å²) in [5.41, 5.74) is -0.974. The quantitative estimate of drug-likeness (QED) is 0.215. The molecule has 0 aliphatic rings. The number of primary sulfonamides is 1. The molecule has 194 valence electrons. The number of benzene rings is 3. The highest BCUT2D eigenvalue weighted by molar-refractivity contribution is 9.10. The van der Waals surface area contributed by atoms with Crippen molar-refractivity contribution in [3.05, 3.63) is 99.0 Å². The molecule has 0 fully saturated rings. The van der Waals surface area contributed by atoms with E-state index < -0.39 is 28.8 Å². The van der Waals surface area contributed by atoms with E-state index in [0.717, 1.165) is 39.8 Å². The molecule has 0 saturated carbocycles. The van der Waals surface area contributed by atoms with Crippen LogP contribution in [-0.2, 0) is 43.3 Å². The smallest absolute Gasteiger partial charge is 0.320 e. The van der Waals surface area contributed by atoms with Crippen molar-refractivity contribution >= 4 is 57.1 Å². The van der Waals surface area contributed by atoms with Gasteiger partial charge in [-0.05, 0) is 40.5 Å². The zero-order chi connectivity index (χ0) is 26.6. The van der Waals surface area contributed by atoms with E-state index in [2.05, 4.69) is 15.9 Å². The molecule has 0 spiro atoms. The first-order valence-electron chi connectivity index (χ1n) is 10.3. The molecule has 0 aliphatic heterocycles. The topological polar surface area (TPSA) is 118 Å². The molecule has 0 aromatic heterocycles. The van der Waals surface area contributed by atoms with Gasteiger partial charge in [0.15, 0.2) is 0 Å². The molecule has 0 saturated heterocycles. The van der Waals surface area contributed by atoms with Gasteiger partial charge in [0.2, 0.25) is 10.0 Å². The highest BCUT2D eigenvalue weighted by Gasteiger charge is 2.51. The van der Waals surface area contributed by atoms with Gasteiger partial charge in [-0.2, -0.15) is 32.3 Å². The fraction of sp³-hybridized carbons (Fsp3) is 0.217. The summed E-state index contributed by atoms with van der Waals surface area (Å²) >= 11 is 6.30. The Morgan fingerprint density at radius 3 is 1.58 bits per heavy atom. The Labute approximate surface area is 225 Å². The highest BCUT2D eigenvalue weighted by Crippen LogP contribution is 2.60. The Bertz CT molecular complexity index is 1350. The first kappa shape index (κ1) is 29.3. The van der Waals surface area contributed by atoms with Gasteiger partial charge in [-0.25, -0.2) is 13.6 Å². The Hall–Kier alpha value is -1.24. The van der Waals surface area contributed by atoms with Crippen LogP contribution in [0.2, 0.25) is 0 Å². The van der Waals surface area contributed by atoms with E-state index in [1.165, 1.54) is 24.3 Å². The first-order valence-corrected chi connectivity index (χ1v) is 16.6. The van der Waals surface area contributed by atoms with Gasteiger partial charge in [0.05, 0.1) is 4.90 Å². The third kappa shape index (κ3) is 7.88. The molecule has 0 amide bonds. The molecule has 13 heteroatoms. The fourth-order valence-corrected chi connectivity index (χ4v) is 6.89. The number of hydrogen-bond acceptors (Lipinski definition) is 5. The molecule has 3 aromatic rings. The lowest BCUT2D eigenvalue weighted by Gasteiger charge is -2.19. The minimum Gasteiger partial charge on any atom is -0.320 e. The summed E-state index contributed by atoms with van der Waals surface area (Å²) in [6.45, 7) is 0. The average Bonchev–Trinajstić information content (AvgIpc) is 2.79. The Morgan fingerprint density at radius 2 is 1.19 bits per heavy atom. The Kier molecular flexibility index (Phi) is 9.84. The van der Waals surface area contributed by atoms with Crippen LogP contribution in [0.4, 0.5) is 8.78 Å². The predicted octanol–water partition coefficient (Wildman–Crippen LogP) is 6.19. The van der Waals surface area contributed by atoms with E-state index in [9.17, 15) is 21.8 Å². The van der Waals surface area contributed by atoms with Crippen LogP contribution in [-0.4, -0.2) is 18.2 Å². The molecule has 0 bridgehead atoms. The number of sulfonamides is 1. The molecule has 6 nitrogen and oxygen atoms in total. The monoisotopic (exact) mass is 637 g/mol. The van der Waals surface area contributed by atoms with Gasteiger partial charge in [0.1, 0.15) is 0 Å². The van der Waals surface area contributed by atoms with Crippen molar-refractivity contribution in [3.8, 4) is 0 Å². The fourth-order valence-electron chi connectivity index (χ4n) is 3.13. The van der Waals surface area contributed by atoms with Crippen LogP contribution in [0.25, 0.3) is 0 Å². The molecular weight excluding hydrogens is 615 g/mol. The standard InChI is InChI=1S/C23H23BrF2NO5PS3/c24-22-11-19(7-10-21(22)23(25,26)33(28,29)30)15-35-13-17-3-1-16(2-4-17)12-34-14-18-5-8-20(9-6-18)36(27,31)32/h1-11H,12-15H2,(H2,27,31,32)(H2,28,29,30). The van der Waals surface area contributed by atoms with Crippen LogP contribution < -0.4 is 5.14 Å². The first-order chi connectivity index (χ1) is 16.8. The molecule has 3 aromatic carbocycles. The second kappa shape index (κ2) is 12.1. The predicted molar refractivity (Wildman–Crippen MR) is 144 cm³/mol. The van der Waals surface area contributed by atoms with Crippen LogP contribution >= 0.6 is 47.0 Å². The SMILES string of the molecule is NS(=O)(=O)c1ccc(CSCc2ccc(CSCc3ccc(C(F)(F)P(=O)(O)O)c(Br)c3)cc2)cc1. The molecule has 0 aliphatic carbocycles. The minimum absolute atomic E-state index is 0.0452. The van der Waals surface area contributed by atoms with Crippen LogP contribution in [0.1, 0.15) is 27.8 Å². The third-order valence-corrected chi connectivity index (χ3v) is 9.78. The summed E-state index contributed by atoms with van der Waals surface area (Å²) in [5, 5.41) is 5.11. The average molecular weight is 639 g/mol. The third-order valence-electron chi connectivity index (χ3n) is 5.07. The summed E-state index contributed by atoms with van der Waals surface area (Å²) in [5.74, 6) is 2.78. The Balaban J connectivity index is 1.46. The van der Waals surface area contributed by atoms with Crippen molar-refractivity contribution in [3.63, 3.8) is 0 Å². The van der Waals surface area contributed by atoms with Crippen molar-refractivity contribution in [2.45, 2.75) is 33.6 Å². The van der Waals surface area contributed by atoms with Gasteiger partial charge in [-0.15, -0.1) is 0 Å². The summed E-state index contributed by atoms with van der Waals surface area (Å²) in [4.78, 5) is 17.9. The number of hydrogen-bond donors (Lipinski definition) is 3. The second-order valence-electron chi connectivity index (χ2n) is 7.89. The van der Waals surface area contributed by atoms with E-state index in [1.807, 2.05) is 24.3 Å². The summed E-state index contributed by atoms with van der Waals surface area (Å²) in [7, 11) is -9.31. The van der Waals surface area contributed by atoms with Crippen molar-refractivity contribution < 1.29 is 31.6 Å². The Morgan fingerprint density at radius 1 is 0.806 bits per heavy atom. The lowest BCUT2D eigenvalue weighted by Crippen LogP contribution is -2.14. The van der Waals surface area contributed by atoms with Gasteiger partial charge < -0.3 is 9.79 Å². The molecule has 0 atom stereocenters. The number of halogens is 3. The van der Waals surface area contributed by atoms with E-state index in [4.69, 9.17) is 14.9 Å². The van der Waals surface area contributed by atoms with E-state index in [1.54, 1.807) is 35.7 Å². The van der Waals surface area contributed by atoms with Gasteiger partial charge in [0.25, 0.3) is 0 Å². The highest BCUT2D eigenvalue weighted by atomic mass is 79.9. The number of nitrogens with two attached hydrogens (primary N) is 1. The zero-order valence-corrected chi connectivity index (χ0v) is 23.6. The number of thioether (sulfide) groups is 2.